The smallest absolute Gasteiger partial charge is 0.244 e. The van der Waals surface area contributed by atoms with Gasteiger partial charge in [0.1, 0.15) is 18.3 Å². The molecule has 214 valence electrons. The lowest BCUT2D eigenvalue weighted by atomic mass is 10.0. The summed E-state index contributed by atoms with van der Waals surface area (Å²) in [5.41, 5.74) is 2.83. The third-order valence-electron chi connectivity index (χ3n) is 6.42. The van der Waals surface area contributed by atoms with E-state index in [2.05, 4.69) is 21.2 Å². The van der Waals surface area contributed by atoms with Gasteiger partial charge in [-0.25, -0.2) is 8.42 Å². The van der Waals surface area contributed by atoms with Gasteiger partial charge in [-0.3, -0.25) is 13.9 Å². The van der Waals surface area contributed by atoms with Crippen LogP contribution < -0.4 is 14.4 Å². The van der Waals surface area contributed by atoms with Gasteiger partial charge in [0.2, 0.25) is 21.8 Å². The molecule has 0 heterocycles. The third kappa shape index (κ3) is 8.56. The van der Waals surface area contributed by atoms with Crippen molar-refractivity contribution >= 4 is 43.5 Å². The molecule has 3 rings (SSSR count). The first-order valence-electron chi connectivity index (χ1n) is 13.0. The highest BCUT2D eigenvalue weighted by molar-refractivity contribution is 9.10. The van der Waals surface area contributed by atoms with Crippen molar-refractivity contribution < 1.29 is 22.7 Å². The second-order valence-corrected chi connectivity index (χ2v) is 12.3. The molecule has 1 atom stereocenters. The predicted octanol–water partition coefficient (Wildman–Crippen LogP) is 4.70. The number of rotatable bonds is 13. The molecule has 0 aromatic heterocycles. The monoisotopic (exact) mass is 629 g/mol. The first-order valence-corrected chi connectivity index (χ1v) is 15.7. The fraction of sp³-hybridized carbons (Fsp3) is 0.333. The zero-order chi connectivity index (χ0) is 29.3. The summed E-state index contributed by atoms with van der Waals surface area (Å²) in [4.78, 5) is 29.1. The number of sulfonamides is 1. The minimum atomic E-state index is -3.83. The van der Waals surface area contributed by atoms with E-state index >= 15 is 0 Å². The van der Waals surface area contributed by atoms with Gasteiger partial charge < -0.3 is 15.0 Å². The molecule has 0 aliphatic rings. The average Bonchev–Trinajstić information content (AvgIpc) is 2.93. The number of ether oxygens (including phenoxy) is 1. The molecular weight excluding hydrogens is 594 g/mol. The van der Waals surface area contributed by atoms with Crippen LogP contribution in [0, 0.1) is 6.92 Å². The van der Waals surface area contributed by atoms with Crippen molar-refractivity contribution in [2.75, 3.05) is 30.8 Å². The van der Waals surface area contributed by atoms with Crippen LogP contribution in [0.3, 0.4) is 0 Å². The van der Waals surface area contributed by atoms with E-state index in [9.17, 15) is 18.0 Å². The second kappa shape index (κ2) is 14.3. The fourth-order valence-electron chi connectivity index (χ4n) is 4.29. The summed E-state index contributed by atoms with van der Waals surface area (Å²) in [6.45, 7) is 3.88. The summed E-state index contributed by atoms with van der Waals surface area (Å²) in [6, 6.07) is 20.9. The number of benzene rings is 3. The number of nitrogens with one attached hydrogen (secondary N) is 1. The van der Waals surface area contributed by atoms with E-state index in [0.29, 0.717) is 18.0 Å². The Kier molecular flexibility index (Phi) is 11.2. The number of nitrogens with zero attached hydrogens (tertiary/aromatic N) is 2. The number of methoxy groups -OCH3 is 1. The number of halogens is 1. The van der Waals surface area contributed by atoms with Crippen LogP contribution in [0.2, 0.25) is 0 Å². The number of anilines is 1. The van der Waals surface area contributed by atoms with E-state index in [0.717, 1.165) is 38.1 Å². The molecule has 0 bridgehead atoms. The maximum absolute atomic E-state index is 14.1. The second-order valence-electron chi connectivity index (χ2n) is 9.57. The van der Waals surface area contributed by atoms with Gasteiger partial charge >= 0.3 is 0 Å². The lowest BCUT2D eigenvalue weighted by molar-refractivity contribution is -0.140. The molecule has 2 amide bonds. The Hall–Kier alpha value is -3.37. The van der Waals surface area contributed by atoms with Crippen molar-refractivity contribution in [3.05, 3.63) is 94.0 Å². The van der Waals surface area contributed by atoms with E-state index in [1.807, 2.05) is 56.3 Å². The molecule has 0 spiro atoms. The maximum atomic E-state index is 14.1. The van der Waals surface area contributed by atoms with E-state index in [-0.39, 0.29) is 18.9 Å². The molecule has 0 unspecified atom stereocenters. The Bertz CT molecular complexity index is 1420. The van der Waals surface area contributed by atoms with Crippen LogP contribution in [-0.4, -0.2) is 57.6 Å². The molecular formula is C30H36BrN3O5S. The Morgan fingerprint density at radius 2 is 1.70 bits per heavy atom. The van der Waals surface area contributed by atoms with Gasteiger partial charge in [-0.2, -0.15) is 0 Å². The molecule has 0 aliphatic heterocycles. The van der Waals surface area contributed by atoms with Crippen LogP contribution in [0.15, 0.2) is 77.3 Å². The highest BCUT2D eigenvalue weighted by Gasteiger charge is 2.33. The molecule has 10 heteroatoms. The van der Waals surface area contributed by atoms with Crippen molar-refractivity contribution in [3.8, 4) is 5.75 Å². The third-order valence-corrected chi connectivity index (χ3v) is 8.45. The summed E-state index contributed by atoms with van der Waals surface area (Å²) < 4.78 is 33.1. The van der Waals surface area contributed by atoms with Crippen LogP contribution in [0.25, 0.3) is 0 Å². The Balaban J connectivity index is 2.06. The van der Waals surface area contributed by atoms with Crippen molar-refractivity contribution in [2.45, 2.75) is 39.3 Å². The minimum Gasteiger partial charge on any atom is -0.497 e. The zero-order valence-corrected chi connectivity index (χ0v) is 25.7. The number of amides is 2. The van der Waals surface area contributed by atoms with Crippen molar-refractivity contribution in [1.29, 1.82) is 0 Å². The summed E-state index contributed by atoms with van der Waals surface area (Å²) in [5.74, 6) is -0.184. The molecule has 8 nitrogen and oxygen atoms in total. The minimum absolute atomic E-state index is 0.0873. The van der Waals surface area contributed by atoms with Gasteiger partial charge in [-0.15, -0.1) is 0 Å². The summed E-state index contributed by atoms with van der Waals surface area (Å²) in [7, 11) is -2.27. The Morgan fingerprint density at radius 1 is 1.00 bits per heavy atom. The first kappa shape index (κ1) is 31.2. The normalized spacial score (nSPS) is 11.9. The van der Waals surface area contributed by atoms with E-state index in [1.54, 1.807) is 37.4 Å². The number of hydrogen-bond donors (Lipinski definition) is 1. The lowest BCUT2D eigenvalue weighted by Gasteiger charge is -2.33. The van der Waals surface area contributed by atoms with Gasteiger partial charge in [0.05, 0.1) is 19.1 Å². The SMILES string of the molecule is CCCNC(=O)[C@@H](Cc1ccccc1)N(Cc1cccc(OC)c1)C(=O)CN(c1ccc(Br)c(C)c1)S(C)(=O)=O. The summed E-state index contributed by atoms with van der Waals surface area (Å²) >= 11 is 3.44. The molecule has 0 saturated carbocycles. The van der Waals surface area contributed by atoms with Crippen LogP contribution in [0.1, 0.15) is 30.0 Å². The zero-order valence-electron chi connectivity index (χ0n) is 23.3. The molecule has 0 saturated heterocycles. The standard InChI is InChI=1S/C30H36BrN3O5S/c1-5-16-32-30(36)28(19-23-10-7-6-8-11-23)33(20-24-12-9-13-26(18-24)39-3)29(35)21-34(40(4,37)38)25-14-15-27(31)22(2)17-25/h6-15,17-18,28H,5,16,19-21H2,1-4H3,(H,32,36)/t28-/m1/s1. The Morgan fingerprint density at radius 3 is 2.33 bits per heavy atom. The average molecular weight is 631 g/mol. The van der Waals surface area contributed by atoms with Crippen molar-refractivity contribution in [3.63, 3.8) is 0 Å². The first-order chi connectivity index (χ1) is 19.0. The highest BCUT2D eigenvalue weighted by atomic mass is 79.9. The Labute approximate surface area is 245 Å². The van der Waals surface area contributed by atoms with Gasteiger partial charge in [-0.1, -0.05) is 65.3 Å². The number of carbonyl (C=O) groups excluding carboxylic acids is 2. The van der Waals surface area contributed by atoms with E-state index in [4.69, 9.17) is 4.74 Å². The largest absolute Gasteiger partial charge is 0.497 e. The van der Waals surface area contributed by atoms with Crippen LogP contribution in [0.4, 0.5) is 5.69 Å². The molecule has 0 aliphatic carbocycles. The van der Waals surface area contributed by atoms with Crippen LogP contribution >= 0.6 is 15.9 Å². The molecule has 3 aromatic rings. The van der Waals surface area contributed by atoms with Gasteiger partial charge in [0.25, 0.3) is 0 Å². The van der Waals surface area contributed by atoms with E-state index in [1.165, 1.54) is 4.90 Å². The quantitative estimate of drug-likeness (QED) is 0.296. The van der Waals surface area contributed by atoms with Crippen molar-refractivity contribution in [1.82, 2.24) is 10.2 Å². The fourth-order valence-corrected chi connectivity index (χ4v) is 5.37. The summed E-state index contributed by atoms with van der Waals surface area (Å²) in [5, 5.41) is 2.93. The molecule has 3 aromatic carbocycles. The maximum Gasteiger partial charge on any atom is 0.244 e. The summed E-state index contributed by atoms with van der Waals surface area (Å²) in [6.07, 6.45) is 2.07. The van der Waals surface area contributed by atoms with E-state index < -0.39 is 28.5 Å². The highest BCUT2D eigenvalue weighted by Crippen LogP contribution is 2.26. The number of carbonyl (C=O) groups is 2. The lowest BCUT2D eigenvalue weighted by Crippen LogP contribution is -2.53. The molecule has 1 N–H and O–H groups in total. The predicted molar refractivity (Wildman–Crippen MR) is 162 cm³/mol. The van der Waals surface area contributed by atoms with Gasteiger partial charge in [0.15, 0.2) is 0 Å². The molecule has 0 fully saturated rings. The van der Waals surface area contributed by atoms with Gasteiger partial charge in [0, 0.05) is 24.0 Å². The topological polar surface area (TPSA) is 96.0 Å². The van der Waals surface area contributed by atoms with Crippen LogP contribution in [0.5, 0.6) is 5.75 Å². The van der Waals surface area contributed by atoms with Crippen molar-refractivity contribution in [2.24, 2.45) is 0 Å². The van der Waals surface area contributed by atoms with Gasteiger partial charge in [-0.05, 0) is 60.4 Å². The van der Waals surface area contributed by atoms with Crippen LogP contribution in [-0.2, 0) is 32.6 Å². The number of aryl methyl sites for hydroxylation is 1. The number of hydrogen-bond acceptors (Lipinski definition) is 5. The molecule has 0 radical (unpaired) electrons. The molecule has 40 heavy (non-hydrogen) atoms.